The number of hydrogen-bond donors (Lipinski definition) is 2. The molecule has 0 fully saturated rings. The predicted octanol–water partition coefficient (Wildman–Crippen LogP) is 1.82. The van der Waals surface area contributed by atoms with E-state index in [1.54, 1.807) is 24.7 Å². The van der Waals surface area contributed by atoms with Gasteiger partial charge in [0.2, 0.25) is 0 Å². The molecular weight excluding hydrogens is 362 g/mol. The van der Waals surface area contributed by atoms with Gasteiger partial charge in [-0.2, -0.15) is 5.10 Å². The van der Waals surface area contributed by atoms with Gasteiger partial charge in [0.15, 0.2) is 5.65 Å². The number of fused-ring (bicyclic) bond motifs is 3. The highest BCUT2D eigenvalue weighted by molar-refractivity contribution is 7.19. The van der Waals surface area contributed by atoms with E-state index >= 15 is 0 Å². The second-order valence-corrected chi connectivity index (χ2v) is 7.21. The van der Waals surface area contributed by atoms with Gasteiger partial charge in [0.1, 0.15) is 10.5 Å². The molecule has 4 aromatic heterocycles. The second kappa shape index (κ2) is 6.76. The van der Waals surface area contributed by atoms with E-state index in [-0.39, 0.29) is 5.56 Å². The van der Waals surface area contributed by atoms with Crippen LogP contribution in [-0.4, -0.2) is 30.5 Å². The maximum atomic E-state index is 13.0. The summed E-state index contributed by atoms with van der Waals surface area (Å²) < 4.78 is 4.19. The van der Waals surface area contributed by atoms with E-state index in [4.69, 9.17) is 11.1 Å². The lowest BCUT2D eigenvalue weighted by Gasteiger charge is -2.05. The molecule has 27 heavy (non-hydrogen) atoms. The first-order valence-electron chi connectivity index (χ1n) is 8.26. The van der Waals surface area contributed by atoms with Crippen molar-refractivity contribution in [3.05, 3.63) is 63.4 Å². The summed E-state index contributed by atoms with van der Waals surface area (Å²) in [7, 11) is 1.84. The number of rotatable bonds is 5. The number of nitrogens with two attached hydrogens (primary N) is 1. The molecule has 0 amide bonds. The summed E-state index contributed by atoms with van der Waals surface area (Å²) in [6, 6.07) is 3.73. The van der Waals surface area contributed by atoms with Gasteiger partial charge >= 0.3 is 0 Å². The molecule has 136 valence electrons. The first-order valence-corrected chi connectivity index (χ1v) is 9.08. The number of aromatic nitrogens is 5. The molecule has 0 aliphatic heterocycles. The quantitative estimate of drug-likeness (QED) is 0.513. The lowest BCUT2D eigenvalue weighted by atomic mass is 10.3. The molecule has 0 aliphatic rings. The lowest BCUT2D eigenvalue weighted by molar-refractivity contribution is 0.643. The molecule has 0 radical (unpaired) electrons. The number of nitrogens with zero attached hydrogens (tertiary/aromatic N) is 5. The van der Waals surface area contributed by atoms with Crippen LogP contribution in [0, 0.1) is 5.41 Å². The number of thiazole rings is 1. The van der Waals surface area contributed by atoms with E-state index in [0.29, 0.717) is 24.2 Å². The summed E-state index contributed by atoms with van der Waals surface area (Å²) in [4.78, 5) is 21.6. The second-order valence-electron chi connectivity index (χ2n) is 6.13. The van der Waals surface area contributed by atoms with E-state index in [0.717, 1.165) is 32.5 Å². The minimum Gasteiger partial charge on any atom is -0.402 e. The Hall–Kier alpha value is -3.33. The standard InChI is InChI=1S/C18H17N7OS/c1-24-15-13(16-17(24)23-14(27-16)8-12(20)2-5-19)9-22-25(18(15)26)10-11-3-6-21-7-4-11/h2-7,9,19H,8,10,20H2,1H3. The van der Waals surface area contributed by atoms with Crippen molar-refractivity contribution in [2.45, 2.75) is 13.0 Å². The van der Waals surface area contributed by atoms with Crippen LogP contribution in [0.25, 0.3) is 21.3 Å². The maximum absolute atomic E-state index is 13.0. The molecule has 9 heteroatoms. The first-order chi connectivity index (χ1) is 13.1. The highest BCUT2D eigenvalue weighted by Gasteiger charge is 2.18. The van der Waals surface area contributed by atoms with Crippen LogP contribution < -0.4 is 11.3 Å². The molecule has 4 heterocycles. The van der Waals surface area contributed by atoms with E-state index < -0.39 is 0 Å². The fourth-order valence-electron chi connectivity index (χ4n) is 3.02. The summed E-state index contributed by atoms with van der Waals surface area (Å²) in [5, 5.41) is 13.1. The average molecular weight is 379 g/mol. The summed E-state index contributed by atoms with van der Waals surface area (Å²) in [5.74, 6) is 0. The Kier molecular flexibility index (Phi) is 4.28. The molecule has 4 rings (SSSR count). The van der Waals surface area contributed by atoms with Gasteiger partial charge in [-0.3, -0.25) is 9.78 Å². The molecular formula is C18H17N7OS. The lowest BCUT2D eigenvalue weighted by Crippen LogP contribution is -2.24. The van der Waals surface area contributed by atoms with Crippen molar-refractivity contribution in [3.8, 4) is 0 Å². The molecule has 0 aromatic carbocycles. The Morgan fingerprint density at radius 3 is 2.89 bits per heavy atom. The fraction of sp³-hybridized carbons (Fsp3) is 0.167. The minimum atomic E-state index is -0.151. The van der Waals surface area contributed by atoms with Crippen LogP contribution >= 0.6 is 11.3 Å². The normalized spacial score (nSPS) is 12.1. The molecule has 3 N–H and O–H groups in total. The number of allylic oxidation sites excluding steroid dienone is 2. The van der Waals surface area contributed by atoms with Crippen LogP contribution in [0.2, 0.25) is 0 Å². The fourth-order valence-corrected chi connectivity index (χ4v) is 4.16. The molecule has 0 saturated carbocycles. The predicted molar refractivity (Wildman–Crippen MR) is 106 cm³/mol. The molecule has 0 saturated heterocycles. The highest BCUT2D eigenvalue weighted by Crippen LogP contribution is 2.31. The Morgan fingerprint density at radius 1 is 1.37 bits per heavy atom. The zero-order valence-electron chi connectivity index (χ0n) is 14.6. The Balaban J connectivity index is 1.80. The topological polar surface area (TPSA) is 115 Å². The number of aryl methyl sites for hydroxylation is 1. The van der Waals surface area contributed by atoms with E-state index in [1.165, 1.54) is 16.0 Å². The summed E-state index contributed by atoms with van der Waals surface area (Å²) in [6.07, 6.45) is 8.29. The molecule has 0 spiro atoms. The third kappa shape index (κ3) is 3.02. The van der Waals surface area contributed by atoms with Gasteiger partial charge in [0.25, 0.3) is 5.56 Å². The van der Waals surface area contributed by atoms with Crippen molar-refractivity contribution >= 4 is 38.8 Å². The average Bonchev–Trinajstić information content (AvgIpc) is 3.17. The number of pyridine rings is 1. The van der Waals surface area contributed by atoms with E-state index in [1.807, 2.05) is 23.7 Å². The molecule has 0 unspecified atom stereocenters. The van der Waals surface area contributed by atoms with Crippen molar-refractivity contribution in [1.82, 2.24) is 24.3 Å². The van der Waals surface area contributed by atoms with E-state index in [2.05, 4.69) is 15.1 Å². The van der Waals surface area contributed by atoms with Crippen molar-refractivity contribution in [2.75, 3.05) is 0 Å². The Morgan fingerprint density at radius 2 is 2.15 bits per heavy atom. The minimum absolute atomic E-state index is 0.151. The zero-order chi connectivity index (χ0) is 19.0. The smallest absolute Gasteiger partial charge is 0.291 e. The SMILES string of the molecule is Cn1c2nc(CC(N)=CC=N)sc2c2cnn(Cc3ccncc3)c(=O)c21. The summed E-state index contributed by atoms with van der Waals surface area (Å²) in [6.45, 7) is 0.389. The van der Waals surface area contributed by atoms with Crippen LogP contribution in [-0.2, 0) is 20.0 Å². The van der Waals surface area contributed by atoms with Crippen molar-refractivity contribution in [2.24, 2.45) is 12.8 Å². The largest absolute Gasteiger partial charge is 0.402 e. The van der Waals surface area contributed by atoms with Gasteiger partial charge in [0.05, 0.1) is 17.4 Å². The monoisotopic (exact) mass is 379 g/mol. The third-order valence-electron chi connectivity index (χ3n) is 4.30. The highest BCUT2D eigenvalue weighted by atomic mass is 32.1. The Labute approximate surface area is 158 Å². The van der Waals surface area contributed by atoms with Crippen molar-refractivity contribution in [3.63, 3.8) is 0 Å². The molecule has 4 aromatic rings. The van der Waals surface area contributed by atoms with Gasteiger partial charge in [-0.1, -0.05) is 0 Å². The zero-order valence-corrected chi connectivity index (χ0v) is 15.4. The van der Waals surface area contributed by atoms with Gasteiger partial charge in [0, 0.05) is 43.2 Å². The van der Waals surface area contributed by atoms with Gasteiger partial charge in [-0.15, -0.1) is 11.3 Å². The summed E-state index contributed by atoms with van der Waals surface area (Å²) >= 11 is 1.50. The van der Waals surface area contributed by atoms with Crippen LogP contribution in [0.15, 0.2) is 47.3 Å². The number of hydrogen-bond acceptors (Lipinski definition) is 7. The maximum Gasteiger partial charge on any atom is 0.291 e. The van der Waals surface area contributed by atoms with Crippen molar-refractivity contribution < 1.29 is 0 Å². The van der Waals surface area contributed by atoms with Crippen LogP contribution in [0.4, 0.5) is 0 Å². The van der Waals surface area contributed by atoms with Crippen LogP contribution in [0.5, 0.6) is 0 Å². The van der Waals surface area contributed by atoms with Crippen LogP contribution in [0.3, 0.4) is 0 Å². The van der Waals surface area contributed by atoms with Crippen molar-refractivity contribution in [1.29, 1.82) is 5.41 Å². The molecule has 0 bridgehead atoms. The van der Waals surface area contributed by atoms with Crippen LogP contribution in [0.1, 0.15) is 10.6 Å². The molecule has 0 aliphatic carbocycles. The number of nitrogens with one attached hydrogen (secondary N) is 1. The van der Waals surface area contributed by atoms with Gasteiger partial charge in [-0.25, -0.2) is 9.67 Å². The Bertz CT molecular complexity index is 1230. The van der Waals surface area contributed by atoms with Gasteiger partial charge < -0.3 is 15.7 Å². The summed E-state index contributed by atoms with van der Waals surface area (Å²) in [5.41, 5.74) is 8.59. The molecule has 0 atom stereocenters. The third-order valence-corrected chi connectivity index (χ3v) is 5.38. The first kappa shape index (κ1) is 17.1. The van der Waals surface area contributed by atoms with E-state index in [9.17, 15) is 4.79 Å². The van der Waals surface area contributed by atoms with Gasteiger partial charge in [-0.05, 0) is 23.8 Å². The molecule has 8 nitrogen and oxygen atoms in total.